The normalized spacial score (nSPS) is 12.3. The Balaban J connectivity index is 1.58. The Kier molecular flexibility index (Phi) is 8.49. The maximum absolute atomic E-state index is 13.0. The van der Waals surface area contributed by atoms with Gasteiger partial charge in [0.15, 0.2) is 6.61 Å². The molecule has 0 unspecified atom stereocenters. The lowest BCUT2D eigenvalue weighted by atomic mass is 10.1. The summed E-state index contributed by atoms with van der Waals surface area (Å²) in [5.74, 6) is -0.967. The van der Waals surface area contributed by atoms with Gasteiger partial charge in [-0.05, 0) is 54.4 Å². The molecule has 0 heterocycles. The average molecular weight is 546 g/mol. The third-order valence-corrected chi connectivity index (χ3v) is 6.40. The number of amides is 1. The zero-order valence-electron chi connectivity index (χ0n) is 18.9. The minimum absolute atomic E-state index is 0.0541. The van der Waals surface area contributed by atoms with Crippen LogP contribution in [0.3, 0.4) is 0 Å². The van der Waals surface area contributed by atoms with Crippen LogP contribution in [0.25, 0.3) is 0 Å². The number of nitrogens with one attached hydrogen (secondary N) is 2. The van der Waals surface area contributed by atoms with Crippen molar-refractivity contribution in [3.63, 3.8) is 0 Å². The summed E-state index contributed by atoms with van der Waals surface area (Å²) in [6.07, 6.45) is -9.64. The molecule has 3 rings (SSSR count). The molecule has 0 saturated carbocycles. The van der Waals surface area contributed by atoms with E-state index in [1.807, 2.05) is 35.6 Å². The molecule has 0 bridgehead atoms. The highest BCUT2D eigenvalue weighted by Gasteiger charge is 2.37. The number of anilines is 1. The van der Waals surface area contributed by atoms with Crippen LogP contribution in [0.1, 0.15) is 16.7 Å². The topological polar surface area (TPSA) is 84.5 Å². The summed E-state index contributed by atoms with van der Waals surface area (Å²) >= 11 is 0. The van der Waals surface area contributed by atoms with Gasteiger partial charge in [0.05, 0.1) is 16.0 Å². The molecule has 1 amide bonds. The molecule has 0 saturated heterocycles. The van der Waals surface area contributed by atoms with Crippen LogP contribution in [-0.2, 0) is 33.6 Å². The number of hydrogen-bond acceptors (Lipinski definition) is 4. The van der Waals surface area contributed by atoms with Crippen molar-refractivity contribution in [1.29, 1.82) is 0 Å². The molecule has 0 spiro atoms. The predicted molar refractivity (Wildman–Crippen MR) is 122 cm³/mol. The van der Waals surface area contributed by atoms with Crippen LogP contribution in [-0.4, -0.2) is 27.5 Å². The lowest BCUT2D eigenvalue weighted by Gasteiger charge is -2.15. The quantitative estimate of drug-likeness (QED) is 0.359. The molecule has 3 aromatic rings. The fourth-order valence-electron chi connectivity index (χ4n) is 3.15. The summed E-state index contributed by atoms with van der Waals surface area (Å²) in [4.78, 5) is 12.0. The van der Waals surface area contributed by atoms with Gasteiger partial charge in [-0.3, -0.25) is 4.79 Å². The van der Waals surface area contributed by atoms with Crippen molar-refractivity contribution >= 4 is 21.6 Å². The maximum Gasteiger partial charge on any atom is 0.416 e. The summed E-state index contributed by atoms with van der Waals surface area (Å²) in [5.41, 5.74) is -2.91. The van der Waals surface area contributed by atoms with Gasteiger partial charge < -0.3 is 10.1 Å². The number of alkyl halides is 6. The molecule has 0 aliphatic heterocycles. The van der Waals surface area contributed by atoms with E-state index in [2.05, 4.69) is 4.72 Å². The van der Waals surface area contributed by atoms with Gasteiger partial charge in [0.25, 0.3) is 5.91 Å². The second-order valence-electron chi connectivity index (χ2n) is 7.74. The monoisotopic (exact) mass is 546 g/mol. The SMILES string of the molecule is O=C(COc1ccc(S(=O)(=O)NCCc2ccccc2)cc1)Nc1cc(C(F)(F)F)cc(C(F)(F)F)c1. The van der Waals surface area contributed by atoms with E-state index in [0.717, 1.165) is 5.56 Å². The van der Waals surface area contributed by atoms with Gasteiger partial charge in [-0.15, -0.1) is 0 Å². The zero-order valence-corrected chi connectivity index (χ0v) is 19.7. The molecule has 13 heteroatoms. The lowest BCUT2D eigenvalue weighted by Crippen LogP contribution is -2.26. The van der Waals surface area contributed by atoms with Crippen LogP contribution < -0.4 is 14.8 Å². The maximum atomic E-state index is 13.0. The van der Waals surface area contributed by atoms with E-state index >= 15 is 0 Å². The van der Waals surface area contributed by atoms with Crippen molar-refractivity contribution in [3.05, 3.63) is 89.5 Å². The first-order valence-electron chi connectivity index (χ1n) is 10.6. The first-order valence-corrected chi connectivity index (χ1v) is 12.1. The van der Waals surface area contributed by atoms with Crippen LogP contribution in [0.2, 0.25) is 0 Å². The molecule has 3 aromatic carbocycles. The number of benzene rings is 3. The number of ether oxygens (including phenoxy) is 1. The van der Waals surface area contributed by atoms with E-state index < -0.39 is 51.7 Å². The first-order chi connectivity index (χ1) is 17.2. The van der Waals surface area contributed by atoms with Crippen molar-refractivity contribution in [3.8, 4) is 5.75 Å². The molecule has 0 aromatic heterocycles. The fourth-order valence-corrected chi connectivity index (χ4v) is 4.18. The Morgan fingerprint density at radius 2 is 1.38 bits per heavy atom. The number of halogens is 6. The Morgan fingerprint density at radius 3 is 1.92 bits per heavy atom. The van der Waals surface area contributed by atoms with E-state index in [-0.39, 0.29) is 23.3 Å². The highest BCUT2D eigenvalue weighted by atomic mass is 32.2. The summed E-state index contributed by atoms with van der Waals surface area (Å²) in [6.45, 7) is -0.588. The molecule has 0 radical (unpaired) electrons. The van der Waals surface area contributed by atoms with Crippen LogP contribution >= 0.6 is 0 Å². The number of rotatable bonds is 9. The highest BCUT2D eigenvalue weighted by Crippen LogP contribution is 2.37. The Morgan fingerprint density at radius 1 is 0.811 bits per heavy atom. The second kappa shape index (κ2) is 11.2. The number of hydrogen-bond donors (Lipinski definition) is 2. The molecule has 37 heavy (non-hydrogen) atoms. The molecule has 0 atom stereocenters. The number of carbonyl (C=O) groups is 1. The van der Waals surface area contributed by atoms with E-state index in [0.29, 0.717) is 18.6 Å². The molecule has 0 fully saturated rings. The van der Waals surface area contributed by atoms with Crippen molar-refractivity contribution in [1.82, 2.24) is 4.72 Å². The Bertz CT molecular complexity index is 1290. The Labute approximate surface area is 208 Å². The minimum Gasteiger partial charge on any atom is -0.484 e. The van der Waals surface area contributed by atoms with Crippen LogP contribution in [0, 0.1) is 0 Å². The van der Waals surface area contributed by atoms with Crippen molar-refractivity contribution in [2.75, 3.05) is 18.5 Å². The smallest absolute Gasteiger partial charge is 0.416 e. The lowest BCUT2D eigenvalue weighted by molar-refractivity contribution is -0.143. The predicted octanol–water partition coefficient (Wildman–Crippen LogP) is 5.26. The van der Waals surface area contributed by atoms with Gasteiger partial charge in [-0.2, -0.15) is 26.3 Å². The van der Waals surface area contributed by atoms with Gasteiger partial charge >= 0.3 is 12.4 Å². The summed E-state index contributed by atoms with van der Waals surface area (Å²) in [6, 6.07) is 14.9. The van der Waals surface area contributed by atoms with Gasteiger partial charge in [0, 0.05) is 12.2 Å². The summed E-state index contributed by atoms with van der Waals surface area (Å²) < 4.78 is 110. The van der Waals surface area contributed by atoms with Gasteiger partial charge in [0.2, 0.25) is 10.0 Å². The molecule has 2 N–H and O–H groups in total. The van der Waals surface area contributed by atoms with Gasteiger partial charge in [0.1, 0.15) is 5.75 Å². The highest BCUT2D eigenvalue weighted by molar-refractivity contribution is 7.89. The van der Waals surface area contributed by atoms with E-state index in [4.69, 9.17) is 4.74 Å². The van der Waals surface area contributed by atoms with E-state index in [9.17, 15) is 39.6 Å². The summed E-state index contributed by atoms with van der Waals surface area (Å²) in [5, 5.41) is 1.94. The molecule has 0 aliphatic rings. The van der Waals surface area contributed by atoms with E-state index in [1.165, 1.54) is 24.3 Å². The Hall–Kier alpha value is -3.58. The standard InChI is InChI=1S/C24H20F6N2O4S/c25-23(26,27)17-12-18(24(28,29)30)14-19(13-17)32-22(33)15-36-20-6-8-21(9-7-20)37(34,35)31-11-10-16-4-2-1-3-5-16/h1-9,12-14,31H,10-11,15H2,(H,32,33). The summed E-state index contributed by atoms with van der Waals surface area (Å²) in [7, 11) is -3.82. The fraction of sp³-hybridized carbons (Fsp3) is 0.208. The van der Waals surface area contributed by atoms with E-state index in [1.54, 1.807) is 0 Å². The number of carbonyl (C=O) groups excluding carboxylic acids is 1. The second-order valence-corrected chi connectivity index (χ2v) is 9.50. The van der Waals surface area contributed by atoms with Crippen molar-refractivity contribution < 1.29 is 44.3 Å². The van der Waals surface area contributed by atoms with Crippen LogP contribution in [0.4, 0.5) is 32.0 Å². The third-order valence-electron chi connectivity index (χ3n) is 4.92. The third kappa shape index (κ3) is 8.22. The van der Waals surface area contributed by atoms with Crippen molar-refractivity contribution in [2.24, 2.45) is 0 Å². The molecule has 6 nitrogen and oxygen atoms in total. The van der Waals surface area contributed by atoms with Crippen LogP contribution in [0.15, 0.2) is 77.7 Å². The molecular formula is C24H20F6N2O4S. The zero-order chi connectivity index (χ0) is 27.3. The number of sulfonamides is 1. The van der Waals surface area contributed by atoms with Crippen LogP contribution in [0.5, 0.6) is 5.75 Å². The molecular weight excluding hydrogens is 526 g/mol. The van der Waals surface area contributed by atoms with Gasteiger partial charge in [-0.1, -0.05) is 30.3 Å². The van der Waals surface area contributed by atoms with Crippen molar-refractivity contribution in [2.45, 2.75) is 23.7 Å². The minimum atomic E-state index is -5.06. The largest absolute Gasteiger partial charge is 0.484 e. The van der Waals surface area contributed by atoms with Gasteiger partial charge in [-0.25, -0.2) is 13.1 Å². The molecule has 198 valence electrons. The average Bonchev–Trinajstić information content (AvgIpc) is 2.82. The first kappa shape index (κ1) is 28.0. The molecule has 0 aliphatic carbocycles.